The van der Waals surface area contributed by atoms with E-state index in [0.717, 1.165) is 48.5 Å². The van der Waals surface area contributed by atoms with Crippen molar-refractivity contribution in [2.45, 2.75) is 58.2 Å². The SMILES string of the molecule is COc1c(N2C[C@H]3CC[C@@H](C2)O3)cc(C(C)=O)cc1C(C)(C)C. The molecule has 1 aromatic rings. The maximum Gasteiger partial charge on any atom is 0.159 e. The van der Waals surface area contributed by atoms with Crippen LogP contribution in [0.25, 0.3) is 0 Å². The Balaban J connectivity index is 2.10. The van der Waals surface area contributed by atoms with Crippen LogP contribution in [0.3, 0.4) is 0 Å². The van der Waals surface area contributed by atoms with Crippen molar-refractivity contribution < 1.29 is 14.3 Å². The van der Waals surface area contributed by atoms with Crippen LogP contribution in [-0.2, 0) is 10.2 Å². The fourth-order valence-electron chi connectivity index (χ4n) is 3.63. The smallest absolute Gasteiger partial charge is 0.159 e. The first kappa shape index (κ1) is 16.3. The largest absolute Gasteiger partial charge is 0.494 e. The van der Waals surface area contributed by atoms with E-state index in [-0.39, 0.29) is 11.2 Å². The standard InChI is InChI=1S/C19H27NO3/c1-12(21)13-8-16(19(2,3)4)18(22-5)17(9-13)20-10-14-6-7-15(11-20)23-14/h8-9,14-15H,6-7,10-11H2,1-5H3/t14-,15+. The molecule has 0 saturated carbocycles. The molecule has 0 amide bonds. The van der Waals surface area contributed by atoms with Crippen LogP contribution in [0.2, 0.25) is 0 Å². The molecule has 0 spiro atoms. The maximum atomic E-state index is 12.0. The first-order valence-corrected chi connectivity index (χ1v) is 8.43. The molecule has 2 bridgehead atoms. The normalized spacial score (nSPS) is 24.0. The van der Waals surface area contributed by atoms with Crippen molar-refractivity contribution in [3.63, 3.8) is 0 Å². The van der Waals surface area contributed by atoms with E-state index in [1.807, 2.05) is 12.1 Å². The Morgan fingerprint density at radius 2 is 1.83 bits per heavy atom. The number of morpholine rings is 1. The summed E-state index contributed by atoms with van der Waals surface area (Å²) in [7, 11) is 1.72. The number of methoxy groups -OCH3 is 1. The quantitative estimate of drug-likeness (QED) is 0.799. The Hall–Kier alpha value is -1.55. The Labute approximate surface area is 138 Å². The van der Waals surface area contributed by atoms with Crippen LogP contribution in [-0.4, -0.2) is 38.2 Å². The van der Waals surface area contributed by atoms with Crippen LogP contribution in [0.4, 0.5) is 5.69 Å². The summed E-state index contributed by atoms with van der Waals surface area (Å²) in [6.07, 6.45) is 2.86. The van der Waals surface area contributed by atoms with Crippen molar-refractivity contribution in [1.29, 1.82) is 0 Å². The molecule has 0 aliphatic carbocycles. The lowest BCUT2D eigenvalue weighted by Gasteiger charge is -2.36. The summed E-state index contributed by atoms with van der Waals surface area (Å²) in [6.45, 7) is 9.83. The third-order valence-corrected chi connectivity index (χ3v) is 4.87. The minimum absolute atomic E-state index is 0.0865. The highest BCUT2D eigenvalue weighted by Crippen LogP contribution is 2.42. The van der Waals surface area contributed by atoms with E-state index >= 15 is 0 Å². The van der Waals surface area contributed by atoms with Gasteiger partial charge in [-0.15, -0.1) is 0 Å². The molecule has 4 heteroatoms. The highest BCUT2D eigenvalue weighted by atomic mass is 16.5. The zero-order valence-electron chi connectivity index (χ0n) is 14.8. The van der Waals surface area contributed by atoms with Crippen molar-refractivity contribution in [2.24, 2.45) is 0 Å². The molecule has 3 rings (SSSR count). The molecule has 23 heavy (non-hydrogen) atoms. The monoisotopic (exact) mass is 317 g/mol. The fourth-order valence-corrected chi connectivity index (χ4v) is 3.63. The number of ketones is 1. The van der Waals surface area contributed by atoms with E-state index in [2.05, 4.69) is 25.7 Å². The van der Waals surface area contributed by atoms with Crippen LogP contribution < -0.4 is 9.64 Å². The molecule has 1 aromatic carbocycles. The molecule has 0 unspecified atom stereocenters. The van der Waals surface area contributed by atoms with Crippen molar-refractivity contribution in [1.82, 2.24) is 0 Å². The number of anilines is 1. The third-order valence-electron chi connectivity index (χ3n) is 4.87. The molecule has 2 heterocycles. The van der Waals surface area contributed by atoms with Crippen LogP contribution in [0.5, 0.6) is 5.75 Å². The molecule has 2 saturated heterocycles. The van der Waals surface area contributed by atoms with E-state index in [1.165, 1.54) is 0 Å². The highest BCUT2D eigenvalue weighted by Gasteiger charge is 2.36. The minimum Gasteiger partial charge on any atom is -0.494 e. The Kier molecular flexibility index (Phi) is 4.13. The second-order valence-electron chi connectivity index (χ2n) is 7.74. The second-order valence-corrected chi connectivity index (χ2v) is 7.74. The molecule has 0 N–H and O–H groups in total. The first-order valence-electron chi connectivity index (χ1n) is 8.43. The molecule has 126 valence electrons. The van der Waals surface area contributed by atoms with Gasteiger partial charge in [0.25, 0.3) is 0 Å². The number of nitrogens with zero attached hydrogens (tertiary/aromatic N) is 1. The number of carbonyl (C=O) groups is 1. The van der Waals surface area contributed by atoms with Crippen LogP contribution in [0.1, 0.15) is 56.5 Å². The van der Waals surface area contributed by atoms with Gasteiger partial charge >= 0.3 is 0 Å². The Bertz CT molecular complexity index is 606. The molecule has 2 atom stereocenters. The maximum absolute atomic E-state index is 12.0. The van der Waals surface area contributed by atoms with Gasteiger partial charge < -0.3 is 14.4 Å². The van der Waals surface area contributed by atoms with E-state index in [9.17, 15) is 4.79 Å². The number of fused-ring (bicyclic) bond motifs is 2. The number of carbonyl (C=O) groups excluding carboxylic acids is 1. The van der Waals surface area contributed by atoms with Gasteiger partial charge in [0, 0.05) is 24.2 Å². The molecule has 2 aliphatic rings. The van der Waals surface area contributed by atoms with Crippen molar-refractivity contribution in [3.05, 3.63) is 23.3 Å². The number of hydrogen-bond acceptors (Lipinski definition) is 4. The van der Waals surface area contributed by atoms with Gasteiger partial charge in [0.2, 0.25) is 0 Å². The molecule has 0 aromatic heterocycles. The zero-order valence-corrected chi connectivity index (χ0v) is 14.8. The number of benzene rings is 1. The summed E-state index contributed by atoms with van der Waals surface area (Å²) in [4.78, 5) is 14.4. The number of hydrogen-bond donors (Lipinski definition) is 0. The van der Waals surface area contributed by atoms with Gasteiger partial charge in [-0.05, 0) is 37.3 Å². The van der Waals surface area contributed by atoms with E-state index in [1.54, 1.807) is 14.0 Å². The predicted octanol–water partition coefficient (Wildman–Crippen LogP) is 3.56. The Morgan fingerprint density at radius 1 is 1.22 bits per heavy atom. The van der Waals surface area contributed by atoms with Crippen molar-refractivity contribution in [2.75, 3.05) is 25.1 Å². The van der Waals surface area contributed by atoms with E-state index in [0.29, 0.717) is 12.2 Å². The summed E-state index contributed by atoms with van der Waals surface area (Å²) in [5, 5.41) is 0. The number of ether oxygens (including phenoxy) is 2. The van der Waals surface area contributed by atoms with E-state index in [4.69, 9.17) is 9.47 Å². The summed E-state index contributed by atoms with van der Waals surface area (Å²) in [5.74, 6) is 0.986. The van der Waals surface area contributed by atoms with Gasteiger partial charge in [-0.25, -0.2) is 0 Å². The van der Waals surface area contributed by atoms with Gasteiger partial charge in [-0.3, -0.25) is 4.79 Å². The lowest BCUT2D eigenvalue weighted by Crippen LogP contribution is -2.43. The third kappa shape index (κ3) is 3.09. The molecular weight excluding hydrogens is 290 g/mol. The Morgan fingerprint density at radius 3 is 2.30 bits per heavy atom. The lowest BCUT2D eigenvalue weighted by atomic mass is 9.84. The van der Waals surface area contributed by atoms with Crippen molar-refractivity contribution >= 4 is 11.5 Å². The molecular formula is C19H27NO3. The molecule has 2 aliphatic heterocycles. The van der Waals surface area contributed by atoms with Gasteiger partial charge in [-0.2, -0.15) is 0 Å². The lowest BCUT2D eigenvalue weighted by molar-refractivity contribution is 0.0303. The topological polar surface area (TPSA) is 38.8 Å². The van der Waals surface area contributed by atoms with Crippen molar-refractivity contribution in [3.8, 4) is 5.75 Å². The average Bonchev–Trinajstić information content (AvgIpc) is 2.83. The van der Waals surface area contributed by atoms with Crippen LogP contribution in [0.15, 0.2) is 12.1 Å². The van der Waals surface area contributed by atoms with Gasteiger partial charge in [-0.1, -0.05) is 20.8 Å². The molecule has 4 nitrogen and oxygen atoms in total. The average molecular weight is 317 g/mol. The van der Waals surface area contributed by atoms with Gasteiger partial charge in [0.05, 0.1) is 25.0 Å². The summed E-state index contributed by atoms with van der Waals surface area (Å²) in [5.41, 5.74) is 2.79. The fraction of sp³-hybridized carbons (Fsp3) is 0.632. The highest BCUT2D eigenvalue weighted by molar-refractivity contribution is 5.96. The molecule has 2 fully saturated rings. The van der Waals surface area contributed by atoms with Gasteiger partial charge in [0.1, 0.15) is 5.75 Å². The van der Waals surface area contributed by atoms with Crippen LogP contribution >= 0.6 is 0 Å². The summed E-state index contributed by atoms with van der Waals surface area (Å²) < 4.78 is 11.7. The molecule has 0 radical (unpaired) electrons. The van der Waals surface area contributed by atoms with Gasteiger partial charge in [0.15, 0.2) is 5.78 Å². The predicted molar refractivity (Wildman–Crippen MR) is 91.8 cm³/mol. The zero-order chi connectivity index (χ0) is 16.8. The number of Topliss-reactive ketones (excluding diaryl/α,β-unsaturated/α-hetero) is 1. The van der Waals surface area contributed by atoms with E-state index < -0.39 is 0 Å². The summed E-state index contributed by atoms with van der Waals surface area (Å²) >= 11 is 0. The number of rotatable bonds is 3. The second kappa shape index (κ2) is 5.82. The first-order chi connectivity index (χ1) is 10.8. The summed E-state index contributed by atoms with van der Waals surface area (Å²) in [6, 6.07) is 3.97. The van der Waals surface area contributed by atoms with Crippen LogP contribution in [0, 0.1) is 0 Å². The minimum atomic E-state index is -0.0865.